The highest BCUT2D eigenvalue weighted by molar-refractivity contribution is 4.77. The second-order valence-electron chi connectivity index (χ2n) is 5.24. The lowest BCUT2D eigenvalue weighted by molar-refractivity contribution is -0.285. The van der Waals surface area contributed by atoms with Crippen LogP contribution in [0.2, 0.25) is 0 Å². The van der Waals surface area contributed by atoms with E-state index in [9.17, 15) is 43.9 Å². The van der Waals surface area contributed by atoms with E-state index >= 15 is 0 Å². The van der Waals surface area contributed by atoms with Gasteiger partial charge in [0.05, 0.1) is 0 Å². The lowest BCUT2D eigenvalue weighted by Crippen LogP contribution is -2.36. The van der Waals surface area contributed by atoms with Gasteiger partial charge in [0, 0.05) is 19.4 Å². The van der Waals surface area contributed by atoms with Gasteiger partial charge >= 0.3 is 24.2 Å². The van der Waals surface area contributed by atoms with Crippen LogP contribution in [-0.2, 0) is 0 Å². The third-order valence-corrected chi connectivity index (χ3v) is 3.29. The molecule has 23 heavy (non-hydrogen) atoms. The van der Waals surface area contributed by atoms with Crippen molar-refractivity contribution >= 4 is 0 Å². The van der Waals surface area contributed by atoms with Crippen LogP contribution >= 0.6 is 0 Å². The monoisotopic (exact) mass is 366 g/mol. The number of rotatable bonds is 9. The molecule has 0 fully saturated rings. The van der Waals surface area contributed by atoms with Crippen molar-refractivity contribution in [2.24, 2.45) is 5.92 Å². The number of halogens is 10. The number of aliphatic hydroxyl groups excluding tert-OH is 1. The normalized spacial score (nSPS) is 14.6. The zero-order valence-electron chi connectivity index (χ0n) is 11.8. The quantitative estimate of drug-likeness (QED) is 0.547. The summed E-state index contributed by atoms with van der Waals surface area (Å²) >= 11 is 0. The first kappa shape index (κ1) is 22.3. The summed E-state index contributed by atoms with van der Waals surface area (Å²) in [6, 6.07) is 0. The molecular weight excluding hydrogens is 350 g/mol. The molecule has 11 heteroatoms. The first-order valence-corrected chi connectivity index (χ1v) is 6.64. The minimum absolute atomic E-state index is 0.334. The first-order valence-electron chi connectivity index (χ1n) is 6.64. The average molecular weight is 366 g/mol. The van der Waals surface area contributed by atoms with Crippen molar-refractivity contribution in [2.75, 3.05) is 6.61 Å². The number of alkyl halides is 10. The smallest absolute Gasteiger partial charge is 0.396 e. The molecule has 0 saturated carbocycles. The van der Waals surface area contributed by atoms with Gasteiger partial charge in [-0.2, -0.15) is 43.9 Å². The van der Waals surface area contributed by atoms with E-state index in [1.54, 1.807) is 0 Å². The predicted molar refractivity (Wildman–Crippen MR) is 60.3 cm³/mol. The molecule has 0 saturated heterocycles. The Morgan fingerprint density at radius 3 is 1.13 bits per heavy atom. The van der Waals surface area contributed by atoms with Gasteiger partial charge in [0.2, 0.25) is 0 Å². The van der Waals surface area contributed by atoms with Crippen LogP contribution < -0.4 is 0 Å². The zero-order valence-corrected chi connectivity index (χ0v) is 11.8. The molecule has 0 aliphatic rings. The van der Waals surface area contributed by atoms with Crippen LogP contribution in [-0.4, -0.2) is 35.9 Å². The molecule has 0 aliphatic carbocycles. The molecule has 0 aromatic carbocycles. The second kappa shape index (κ2) is 7.89. The average Bonchev–Trinajstić information content (AvgIpc) is 2.33. The lowest BCUT2D eigenvalue weighted by Gasteiger charge is -2.22. The van der Waals surface area contributed by atoms with E-state index in [1.807, 2.05) is 0 Å². The Hall–Kier alpha value is -0.740. The van der Waals surface area contributed by atoms with Crippen molar-refractivity contribution in [1.29, 1.82) is 0 Å². The van der Waals surface area contributed by atoms with E-state index in [4.69, 9.17) is 5.11 Å². The number of hydrogen-bond donors (Lipinski definition) is 1. The molecule has 0 aromatic rings. The minimum atomic E-state index is -5.71. The Kier molecular flexibility index (Phi) is 7.63. The Balaban J connectivity index is 4.24. The minimum Gasteiger partial charge on any atom is -0.396 e. The van der Waals surface area contributed by atoms with E-state index in [1.165, 1.54) is 0 Å². The summed E-state index contributed by atoms with van der Waals surface area (Å²) in [7, 11) is 0. The molecule has 1 nitrogen and oxygen atoms in total. The third-order valence-electron chi connectivity index (χ3n) is 3.29. The van der Waals surface area contributed by atoms with Crippen molar-refractivity contribution in [3.8, 4) is 0 Å². The van der Waals surface area contributed by atoms with Gasteiger partial charge in [-0.15, -0.1) is 0 Å². The van der Waals surface area contributed by atoms with E-state index in [-0.39, 0.29) is 12.8 Å². The summed E-state index contributed by atoms with van der Waals surface area (Å²) in [6.07, 6.45) is -16.5. The molecule has 0 atom stereocenters. The van der Waals surface area contributed by atoms with Gasteiger partial charge in [0.25, 0.3) is 0 Å². The topological polar surface area (TPSA) is 20.2 Å². The molecule has 0 aromatic heterocycles. The molecule has 0 rings (SSSR count). The predicted octanol–water partition coefficient (Wildman–Crippen LogP) is 5.33. The Morgan fingerprint density at radius 2 is 0.913 bits per heavy atom. The Labute approximate surface area is 125 Å². The largest absolute Gasteiger partial charge is 0.453 e. The highest BCUT2D eigenvalue weighted by atomic mass is 19.4. The highest BCUT2D eigenvalue weighted by Crippen LogP contribution is 2.41. The van der Waals surface area contributed by atoms with Gasteiger partial charge in [-0.3, -0.25) is 0 Å². The summed E-state index contributed by atoms with van der Waals surface area (Å²) < 4.78 is 122. The molecule has 0 spiro atoms. The van der Waals surface area contributed by atoms with Crippen molar-refractivity contribution in [3.05, 3.63) is 0 Å². The standard InChI is InChI=1S/C12H16F10O/c13-9(14,11(17,18)19)5-1-3-8(7-23)4-2-6-10(15,16)12(20,21)22/h8,23H,1-7H2. The molecule has 0 unspecified atom stereocenters. The third kappa shape index (κ3) is 7.13. The van der Waals surface area contributed by atoms with Gasteiger partial charge in [-0.1, -0.05) is 0 Å². The fourth-order valence-electron chi connectivity index (χ4n) is 1.84. The summed E-state index contributed by atoms with van der Waals surface area (Å²) in [4.78, 5) is 0. The van der Waals surface area contributed by atoms with Crippen LogP contribution in [0.3, 0.4) is 0 Å². The van der Waals surface area contributed by atoms with Gasteiger partial charge in [0.15, 0.2) is 0 Å². The summed E-state index contributed by atoms with van der Waals surface area (Å²) in [5.74, 6) is -10.7. The van der Waals surface area contributed by atoms with Crippen molar-refractivity contribution in [3.63, 3.8) is 0 Å². The second-order valence-corrected chi connectivity index (χ2v) is 5.24. The highest BCUT2D eigenvalue weighted by Gasteiger charge is 2.57. The molecular formula is C12H16F10O. The van der Waals surface area contributed by atoms with Crippen LogP contribution in [0.15, 0.2) is 0 Å². The van der Waals surface area contributed by atoms with Crippen molar-refractivity contribution < 1.29 is 49.0 Å². The van der Waals surface area contributed by atoms with Crippen LogP contribution in [0.25, 0.3) is 0 Å². The maximum atomic E-state index is 12.6. The summed E-state index contributed by atoms with van der Waals surface area (Å²) in [5, 5.41) is 8.89. The number of aliphatic hydroxyl groups is 1. The molecule has 0 radical (unpaired) electrons. The van der Waals surface area contributed by atoms with Crippen LogP contribution in [0, 0.1) is 5.92 Å². The number of hydrogen-bond acceptors (Lipinski definition) is 1. The first-order chi connectivity index (χ1) is 10.1. The molecule has 0 amide bonds. The Bertz CT molecular complexity index is 315. The molecule has 140 valence electrons. The van der Waals surface area contributed by atoms with Crippen LogP contribution in [0.1, 0.15) is 38.5 Å². The molecule has 0 aliphatic heterocycles. The Morgan fingerprint density at radius 1 is 0.609 bits per heavy atom. The van der Waals surface area contributed by atoms with Crippen molar-refractivity contribution in [1.82, 2.24) is 0 Å². The van der Waals surface area contributed by atoms with E-state index in [0.717, 1.165) is 0 Å². The maximum absolute atomic E-state index is 12.6. The summed E-state index contributed by atoms with van der Waals surface area (Å²) in [5.41, 5.74) is 0. The van der Waals surface area contributed by atoms with Crippen LogP contribution in [0.5, 0.6) is 0 Å². The van der Waals surface area contributed by atoms with Gasteiger partial charge in [-0.05, 0) is 31.6 Å². The van der Waals surface area contributed by atoms with E-state index in [0.29, 0.717) is 0 Å². The summed E-state index contributed by atoms with van der Waals surface area (Å²) in [6.45, 7) is -0.699. The van der Waals surface area contributed by atoms with Crippen molar-refractivity contribution in [2.45, 2.75) is 62.7 Å². The van der Waals surface area contributed by atoms with Gasteiger partial charge in [0.1, 0.15) is 0 Å². The van der Waals surface area contributed by atoms with E-state index in [2.05, 4.69) is 0 Å². The fourth-order valence-corrected chi connectivity index (χ4v) is 1.84. The van der Waals surface area contributed by atoms with Crippen LogP contribution in [0.4, 0.5) is 43.9 Å². The molecule has 0 bridgehead atoms. The molecule has 0 heterocycles. The fraction of sp³-hybridized carbons (Fsp3) is 1.00. The SMILES string of the molecule is OCC(CCCC(F)(F)C(F)(F)F)CCCC(F)(F)C(F)(F)F. The maximum Gasteiger partial charge on any atom is 0.453 e. The van der Waals surface area contributed by atoms with Gasteiger partial charge < -0.3 is 5.11 Å². The lowest BCUT2D eigenvalue weighted by atomic mass is 9.94. The van der Waals surface area contributed by atoms with Gasteiger partial charge in [-0.25, -0.2) is 0 Å². The zero-order chi connectivity index (χ0) is 18.5. The molecule has 1 N–H and O–H groups in total. The van der Waals surface area contributed by atoms with E-state index < -0.39 is 62.4 Å².